The van der Waals surface area contributed by atoms with E-state index in [1.807, 2.05) is 31.2 Å². The van der Waals surface area contributed by atoms with Crippen molar-refractivity contribution in [2.24, 2.45) is 0 Å². The molecule has 3 aromatic carbocycles. The van der Waals surface area contributed by atoms with Gasteiger partial charge >= 0.3 is 0 Å². The van der Waals surface area contributed by atoms with Crippen molar-refractivity contribution in [2.45, 2.75) is 18.4 Å². The first kappa shape index (κ1) is 19.9. The topological polar surface area (TPSA) is 75.3 Å². The third-order valence-electron chi connectivity index (χ3n) is 4.22. The van der Waals surface area contributed by atoms with Gasteiger partial charge in [0.1, 0.15) is 0 Å². The minimum atomic E-state index is -3.72. The number of hydrogen-bond acceptors (Lipinski definition) is 3. The zero-order valence-electron chi connectivity index (χ0n) is 15.1. The lowest BCUT2D eigenvalue weighted by atomic mass is 10.1. The molecule has 0 spiro atoms. The first-order valence-electron chi connectivity index (χ1n) is 8.57. The molecular weight excluding hydrogens is 396 g/mol. The number of benzene rings is 3. The van der Waals surface area contributed by atoms with Gasteiger partial charge < -0.3 is 5.32 Å². The number of carbonyl (C=O) groups is 1. The van der Waals surface area contributed by atoms with E-state index in [2.05, 4.69) is 10.0 Å². The number of anilines is 1. The molecule has 0 aliphatic heterocycles. The van der Waals surface area contributed by atoms with Crippen molar-refractivity contribution in [2.75, 3.05) is 4.72 Å². The zero-order chi connectivity index (χ0) is 20.1. The lowest BCUT2D eigenvalue weighted by Crippen LogP contribution is -2.23. The molecule has 1 amide bonds. The van der Waals surface area contributed by atoms with Crippen LogP contribution in [0.5, 0.6) is 0 Å². The average molecular weight is 415 g/mol. The SMILES string of the molecule is Cc1ccccc1CNC(=O)c1ccc(NS(=O)(=O)c2ccccc2)cc1Cl. The molecule has 144 valence electrons. The second kappa shape index (κ2) is 8.46. The van der Waals surface area contributed by atoms with Gasteiger partial charge in [0.25, 0.3) is 15.9 Å². The fourth-order valence-electron chi connectivity index (χ4n) is 2.66. The first-order valence-corrected chi connectivity index (χ1v) is 10.4. The Hall–Kier alpha value is -2.83. The summed E-state index contributed by atoms with van der Waals surface area (Å²) >= 11 is 6.22. The monoisotopic (exact) mass is 414 g/mol. The van der Waals surface area contributed by atoms with Crippen molar-refractivity contribution in [1.82, 2.24) is 5.32 Å². The van der Waals surface area contributed by atoms with Crippen LogP contribution in [-0.4, -0.2) is 14.3 Å². The molecule has 0 bridgehead atoms. The Kier molecular flexibility index (Phi) is 6.02. The summed E-state index contributed by atoms with van der Waals surface area (Å²) in [5.74, 6) is -0.328. The van der Waals surface area contributed by atoms with E-state index in [0.29, 0.717) is 6.54 Å². The molecule has 0 atom stereocenters. The summed E-state index contributed by atoms with van der Waals surface area (Å²) in [5.41, 5.74) is 2.65. The first-order chi connectivity index (χ1) is 13.4. The summed E-state index contributed by atoms with van der Waals surface area (Å²) in [4.78, 5) is 12.6. The Balaban J connectivity index is 1.72. The minimum absolute atomic E-state index is 0.145. The molecule has 0 aromatic heterocycles. The van der Waals surface area contributed by atoms with Gasteiger partial charge in [0.15, 0.2) is 0 Å². The molecule has 28 heavy (non-hydrogen) atoms. The van der Waals surface area contributed by atoms with Gasteiger partial charge in [-0.05, 0) is 48.4 Å². The van der Waals surface area contributed by atoms with Gasteiger partial charge in [-0.1, -0.05) is 54.1 Å². The van der Waals surface area contributed by atoms with E-state index in [0.717, 1.165) is 11.1 Å². The highest BCUT2D eigenvalue weighted by molar-refractivity contribution is 7.92. The third-order valence-corrected chi connectivity index (χ3v) is 5.93. The van der Waals surface area contributed by atoms with E-state index < -0.39 is 10.0 Å². The summed E-state index contributed by atoms with van der Waals surface area (Å²) in [6, 6.07) is 20.2. The molecule has 3 rings (SSSR count). The van der Waals surface area contributed by atoms with Crippen LogP contribution in [0.4, 0.5) is 5.69 Å². The van der Waals surface area contributed by atoms with Crippen LogP contribution in [-0.2, 0) is 16.6 Å². The van der Waals surface area contributed by atoms with Crippen molar-refractivity contribution in [3.63, 3.8) is 0 Å². The van der Waals surface area contributed by atoms with Crippen LogP contribution in [0.1, 0.15) is 21.5 Å². The molecule has 5 nitrogen and oxygen atoms in total. The molecule has 0 aliphatic rings. The molecule has 0 saturated carbocycles. The van der Waals surface area contributed by atoms with Gasteiger partial charge in [-0.3, -0.25) is 9.52 Å². The molecule has 2 N–H and O–H groups in total. The van der Waals surface area contributed by atoms with Crippen LogP contribution in [0.15, 0.2) is 77.7 Å². The Labute approximate surface area is 169 Å². The van der Waals surface area contributed by atoms with Gasteiger partial charge in [-0.2, -0.15) is 0 Å². The summed E-state index contributed by atoms with van der Waals surface area (Å²) in [7, 11) is -3.72. The van der Waals surface area contributed by atoms with Crippen LogP contribution in [0.25, 0.3) is 0 Å². The molecule has 0 radical (unpaired) electrons. The predicted molar refractivity (Wildman–Crippen MR) is 111 cm³/mol. The van der Waals surface area contributed by atoms with Crippen molar-refractivity contribution in [3.8, 4) is 0 Å². The largest absolute Gasteiger partial charge is 0.348 e. The van der Waals surface area contributed by atoms with Crippen LogP contribution >= 0.6 is 11.6 Å². The number of aryl methyl sites for hydroxylation is 1. The van der Waals surface area contributed by atoms with Crippen molar-refractivity contribution < 1.29 is 13.2 Å². The standard InChI is InChI=1S/C21H19ClN2O3S/c1-15-7-5-6-8-16(15)14-23-21(25)19-12-11-17(13-20(19)22)24-28(26,27)18-9-3-2-4-10-18/h2-13,24H,14H2,1H3,(H,23,25). The van der Waals surface area contributed by atoms with Crippen LogP contribution in [0, 0.1) is 6.92 Å². The number of nitrogens with one attached hydrogen (secondary N) is 2. The lowest BCUT2D eigenvalue weighted by Gasteiger charge is -2.11. The summed E-state index contributed by atoms with van der Waals surface area (Å²) < 4.78 is 27.2. The maximum atomic E-state index is 12.4. The summed E-state index contributed by atoms with van der Waals surface area (Å²) in [6.45, 7) is 2.35. The van der Waals surface area contributed by atoms with Gasteiger partial charge in [0, 0.05) is 6.54 Å². The third kappa shape index (κ3) is 4.71. The fraction of sp³-hybridized carbons (Fsp3) is 0.0952. The van der Waals surface area contributed by atoms with Crippen LogP contribution < -0.4 is 10.0 Å². The number of carbonyl (C=O) groups excluding carboxylic acids is 1. The average Bonchev–Trinajstić information content (AvgIpc) is 2.67. The van der Waals surface area contributed by atoms with E-state index in [1.54, 1.807) is 18.2 Å². The van der Waals surface area contributed by atoms with Crippen molar-refractivity contribution in [1.29, 1.82) is 0 Å². The maximum absolute atomic E-state index is 12.4. The van der Waals surface area contributed by atoms with Gasteiger partial charge in [0.2, 0.25) is 0 Å². The molecule has 0 fully saturated rings. The van der Waals surface area contributed by atoms with E-state index in [1.165, 1.54) is 30.3 Å². The molecular formula is C21H19ClN2O3S. The fourth-order valence-corrected chi connectivity index (χ4v) is 3.99. The minimum Gasteiger partial charge on any atom is -0.348 e. The van der Waals surface area contributed by atoms with Crippen LogP contribution in [0.3, 0.4) is 0 Å². The Morgan fingerprint density at radius 3 is 2.32 bits per heavy atom. The smallest absolute Gasteiger partial charge is 0.261 e. The Bertz CT molecular complexity index is 1100. The Morgan fingerprint density at radius 2 is 1.64 bits per heavy atom. The molecule has 0 aliphatic carbocycles. The normalized spacial score (nSPS) is 11.1. The number of sulfonamides is 1. The summed E-state index contributed by atoms with van der Waals surface area (Å²) in [5, 5.41) is 2.99. The molecule has 0 saturated heterocycles. The zero-order valence-corrected chi connectivity index (χ0v) is 16.7. The Morgan fingerprint density at radius 1 is 0.964 bits per heavy atom. The molecule has 0 heterocycles. The second-order valence-electron chi connectivity index (χ2n) is 6.22. The van der Waals surface area contributed by atoms with Crippen molar-refractivity contribution in [3.05, 3.63) is 94.5 Å². The van der Waals surface area contributed by atoms with Crippen LogP contribution in [0.2, 0.25) is 5.02 Å². The molecule has 0 unspecified atom stereocenters. The highest BCUT2D eigenvalue weighted by Gasteiger charge is 2.16. The maximum Gasteiger partial charge on any atom is 0.261 e. The molecule has 7 heteroatoms. The van der Waals surface area contributed by atoms with E-state index in [-0.39, 0.29) is 27.1 Å². The number of hydrogen-bond donors (Lipinski definition) is 2. The van der Waals surface area contributed by atoms with Gasteiger partial charge in [-0.15, -0.1) is 0 Å². The van der Waals surface area contributed by atoms with Crippen molar-refractivity contribution >= 4 is 33.2 Å². The number of halogens is 1. The second-order valence-corrected chi connectivity index (χ2v) is 8.31. The number of rotatable bonds is 6. The van der Waals surface area contributed by atoms with Gasteiger partial charge in [-0.25, -0.2) is 8.42 Å². The summed E-state index contributed by atoms with van der Waals surface area (Å²) in [6.07, 6.45) is 0. The lowest BCUT2D eigenvalue weighted by molar-refractivity contribution is 0.0951. The van der Waals surface area contributed by atoms with Gasteiger partial charge in [0.05, 0.1) is 21.2 Å². The predicted octanol–water partition coefficient (Wildman–Crippen LogP) is 4.38. The van der Waals surface area contributed by atoms with E-state index in [9.17, 15) is 13.2 Å². The highest BCUT2D eigenvalue weighted by Crippen LogP contribution is 2.23. The van der Waals surface area contributed by atoms with E-state index in [4.69, 9.17) is 11.6 Å². The molecule has 3 aromatic rings. The number of amides is 1. The highest BCUT2D eigenvalue weighted by atomic mass is 35.5. The van der Waals surface area contributed by atoms with E-state index >= 15 is 0 Å². The quantitative estimate of drug-likeness (QED) is 0.628.